The van der Waals surface area contributed by atoms with Crippen LogP contribution in [0.2, 0.25) is 0 Å². The molecule has 2 heterocycles. The average molecular weight is 202 g/mol. The van der Waals surface area contributed by atoms with Crippen LogP contribution in [0.3, 0.4) is 0 Å². The predicted molar refractivity (Wildman–Crippen MR) is 58.9 cm³/mol. The second kappa shape index (κ2) is 4.23. The Balaban J connectivity index is 2.35. The number of hydrogen-bond donors (Lipinski definition) is 1. The quantitative estimate of drug-likeness (QED) is 0.815. The van der Waals surface area contributed by atoms with Gasteiger partial charge in [-0.2, -0.15) is 5.10 Å². The van der Waals surface area contributed by atoms with Crippen molar-refractivity contribution in [2.45, 2.75) is 13.5 Å². The molecule has 0 aliphatic heterocycles. The van der Waals surface area contributed by atoms with Crippen molar-refractivity contribution in [1.29, 1.82) is 0 Å². The maximum absolute atomic E-state index is 4.40. The summed E-state index contributed by atoms with van der Waals surface area (Å²) in [7, 11) is 1.93. The lowest BCUT2D eigenvalue weighted by atomic mass is 10.2. The maximum atomic E-state index is 4.40. The molecule has 0 bridgehead atoms. The zero-order chi connectivity index (χ0) is 10.7. The zero-order valence-electron chi connectivity index (χ0n) is 8.94. The zero-order valence-corrected chi connectivity index (χ0v) is 8.94. The number of rotatable bonds is 3. The van der Waals surface area contributed by atoms with Crippen LogP contribution in [0.15, 0.2) is 30.7 Å². The van der Waals surface area contributed by atoms with E-state index in [-0.39, 0.29) is 0 Å². The van der Waals surface area contributed by atoms with E-state index in [9.17, 15) is 0 Å². The van der Waals surface area contributed by atoms with Gasteiger partial charge in [0.25, 0.3) is 0 Å². The monoisotopic (exact) mass is 202 g/mol. The first kappa shape index (κ1) is 9.86. The van der Waals surface area contributed by atoms with Gasteiger partial charge in [-0.15, -0.1) is 0 Å². The Hall–Kier alpha value is -1.68. The Bertz CT molecular complexity index is 434. The van der Waals surface area contributed by atoms with Crippen molar-refractivity contribution in [2.24, 2.45) is 0 Å². The molecule has 0 radical (unpaired) electrons. The highest BCUT2D eigenvalue weighted by molar-refractivity contribution is 5.34. The van der Waals surface area contributed by atoms with Gasteiger partial charge in [0.05, 0.1) is 0 Å². The summed E-state index contributed by atoms with van der Waals surface area (Å²) in [6.45, 7) is 2.89. The van der Waals surface area contributed by atoms with E-state index in [1.54, 1.807) is 10.9 Å². The highest BCUT2D eigenvalue weighted by Crippen LogP contribution is 2.11. The molecule has 0 amide bonds. The molecule has 0 unspecified atom stereocenters. The summed E-state index contributed by atoms with van der Waals surface area (Å²) >= 11 is 0. The summed E-state index contributed by atoms with van der Waals surface area (Å²) < 4.78 is 1.78. The Labute approximate surface area is 89.0 Å². The van der Waals surface area contributed by atoms with Crippen molar-refractivity contribution >= 4 is 0 Å². The summed E-state index contributed by atoms with van der Waals surface area (Å²) in [5, 5.41) is 7.26. The molecular formula is C11H14N4. The molecule has 0 saturated heterocycles. The third-order valence-corrected chi connectivity index (χ3v) is 2.21. The van der Waals surface area contributed by atoms with Crippen molar-refractivity contribution in [1.82, 2.24) is 20.1 Å². The van der Waals surface area contributed by atoms with E-state index in [1.807, 2.05) is 32.4 Å². The van der Waals surface area contributed by atoms with E-state index < -0.39 is 0 Å². The van der Waals surface area contributed by atoms with Crippen LogP contribution in [0.4, 0.5) is 0 Å². The molecule has 4 nitrogen and oxygen atoms in total. The predicted octanol–water partition coefficient (Wildman–Crippen LogP) is 1.30. The first-order chi connectivity index (χ1) is 7.31. The second-order valence-electron chi connectivity index (χ2n) is 3.47. The fraction of sp³-hybridized carbons (Fsp3) is 0.273. The van der Waals surface area contributed by atoms with Crippen LogP contribution in [0.5, 0.6) is 0 Å². The van der Waals surface area contributed by atoms with Crippen molar-refractivity contribution < 1.29 is 0 Å². The van der Waals surface area contributed by atoms with Crippen LogP contribution in [0.1, 0.15) is 11.1 Å². The van der Waals surface area contributed by atoms with Crippen molar-refractivity contribution in [3.8, 4) is 5.82 Å². The summed E-state index contributed by atoms with van der Waals surface area (Å²) in [4.78, 5) is 4.40. The topological polar surface area (TPSA) is 42.7 Å². The molecule has 0 aromatic carbocycles. The largest absolute Gasteiger partial charge is 0.316 e. The number of aromatic nitrogens is 3. The Morgan fingerprint density at radius 3 is 2.93 bits per heavy atom. The van der Waals surface area contributed by atoms with E-state index in [0.717, 1.165) is 17.9 Å². The minimum Gasteiger partial charge on any atom is -0.316 e. The first-order valence-electron chi connectivity index (χ1n) is 4.91. The molecule has 78 valence electrons. The van der Waals surface area contributed by atoms with Crippen LogP contribution in [-0.4, -0.2) is 21.8 Å². The van der Waals surface area contributed by atoms with Crippen LogP contribution in [-0.2, 0) is 6.54 Å². The lowest BCUT2D eigenvalue weighted by Gasteiger charge is -2.06. The van der Waals surface area contributed by atoms with Crippen LogP contribution < -0.4 is 5.32 Å². The van der Waals surface area contributed by atoms with Crippen molar-refractivity contribution in [2.75, 3.05) is 7.05 Å². The van der Waals surface area contributed by atoms with Crippen molar-refractivity contribution in [3.05, 3.63) is 41.9 Å². The third-order valence-electron chi connectivity index (χ3n) is 2.21. The summed E-state index contributed by atoms with van der Waals surface area (Å²) in [5.74, 6) is 0.889. The molecule has 2 aromatic rings. The van der Waals surface area contributed by atoms with Gasteiger partial charge in [-0.1, -0.05) is 0 Å². The second-order valence-corrected chi connectivity index (χ2v) is 3.47. The highest BCUT2D eigenvalue weighted by Gasteiger charge is 2.03. The van der Waals surface area contributed by atoms with Gasteiger partial charge in [-0.3, -0.25) is 0 Å². The fourth-order valence-corrected chi connectivity index (χ4v) is 1.56. The van der Waals surface area contributed by atoms with Gasteiger partial charge in [0.15, 0.2) is 5.82 Å². The number of nitrogens with zero attached hydrogens (tertiary/aromatic N) is 3. The first-order valence-corrected chi connectivity index (χ1v) is 4.91. The van der Waals surface area contributed by atoms with E-state index in [0.29, 0.717) is 0 Å². The van der Waals surface area contributed by atoms with Crippen LogP contribution >= 0.6 is 0 Å². The molecule has 2 rings (SSSR count). The van der Waals surface area contributed by atoms with Crippen LogP contribution in [0, 0.1) is 6.92 Å². The molecule has 1 N–H and O–H groups in total. The van der Waals surface area contributed by atoms with Gasteiger partial charge in [-0.05, 0) is 37.2 Å². The fourth-order valence-electron chi connectivity index (χ4n) is 1.56. The average Bonchev–Trinajstić information content (AvgIpc) is 2.71. The summed E-state index contributed by atoms with van der Waals surface area (Å²) in [6, 6.07) is 4.02. The minimum atomic E-state index is 0.841. The summed E-state index contributed by atoms with van der Waals surface area (Å²) in [5.41, 5.74) is 2.32. The number of pyridine rings is 1. The van der Waals surface area contributed by atoms with E-state index in [2.05, 4.69) is 21.5 Å². The van der Waals surface area contributed by atoms with Crippen molar-refractivity contribution in [3.63, 3.8) is 0 Å². The van der Waals surface area contributed by atoms with E-state index in [1.165, 1.54) is 5.56 Å². The Kier molecular flexibility index (Phi) is 2.78. The molecule has 0 aliphatic carbocycles. The molecular weight excluding hydrogens is 188 g/mol. The van der Waals surface area contributed by atoms with Gasteiger partial charge in [-0.25, -0.2) is 9.67 Å². The van der Waals surface area contributed by atoms with E-state index >= 15 is 0 Å². The lowest BCUT2D eigenvalue weighted by Crippen LogP contribution is -2.07. The van der Waals surface area contributed by atoms with Gasteiger partial charge in [0, 0.05) is 25.1 Å². The SMILES string of the molecule is CNCc1cnc(-n2cccn2)c(C)c1. The maximum Gasteiger partial charge on any atom is 0.156 e. The Morgan fingerprint density at radius 1 is 1.47 bits per heavy atom. The Morgan fingerprint density at radius 2 is 2.33 bits per heavy atom. The highest BCUT2D eigenvalue weighted by atomic mass is 15.3. The van der Waals surface area contributed by atoms with Gasteiger partial charge in [0.1, 0.15) is 0 Å². The number of hydrogen-bond acceptors (Lipinski definition) is 3. The van der Waals surface area contributed by atoms with Crippen LogP contribution in [0.25, 0.3) is 5.82 Å². The van der Waals surface area contributed by atoms with Gasteiger partial charge >= 0.3 is 0 Å². The van der Waals surface area contributed by atoms with Gasteiger partial charge in [0.2, 0.25) is 0 Å². The third kappa shape index (κ3) is 2.05. The molecule has 0 saturated carbocycles. The van der Waals surface area contributed by atoms with Gasteiger partial charge < -0.3 is 5.32 Å². The molecule has 4 heteroatoms. The molecule has 15 heavy (non-hydrogen) atoms. The lowest BCUT2D eigenvalue weighted by molar-refractivity contribution is 0.797. The smallest absolute Gasteiger partial charge is 0.156 e. The minimum absolute atomic E-state index is 0.841. The molecule has 0 atom stereocenters. The molecule has 2 aromatic heterocycles. The number of aryl methyl sites for hydroxylation is 1. The number of nitrogens with one attached hydrogen (secondary N) is 1. The van der Waals surface area contributed by atoms with E-state index in [4.69, 9.17) is 0 Å². The standard InChI is InChI=1S/C11H14N4/c1-9-6-10(7-12-2)8-13-11(9)15-5-3-4-14-15/h3-6,8,12H,7H2,1-2H3. The summed E-state index contributed by atoms with van der Waals surface area (Å²) in [6.07, 6.45) is 5.52. The normalized spacial score (nSPS) is 10.5. The molecule has 0 fully saturated rings. The molecule has 0 aliphatic rings. The molecule has 0 spiro atoms.